The summed E-state index contributed by atoms with van der Waals surface area (Å²) in [5.74, 6) is -0.590. The molecule has 1 fully saturated rings. The molecule has 1 aliphatic carbocycles. The number of methoxy groups -OCH3 is 1. The summed E-state index contributed by atoms with van der Waals surface area (Å²) in [4.78, 5) is 23.4. The van der Waals surface area contributed by atoms with Gasteiger partial charge in [0, 0.05) is 11.5 Å². The van der Waals surface area contributed by atoms with Gasteiger partial charge in [0.05, 0.1) is 13.0 Å². The van der Waals surface area contributed by atoms with Crippen LogP contribution in [-0.4, -0.2) is 29.6 Å². The van der Waals surface area contributed by atoms with E-state index in [4.69, 9.17) is 9.84 Å². The van der Waals surface area contributed by atoms with Crippen LogP contribution in [0.5, 0.6) is 5.75 Å². The van der Waals surface area contributed by atoms with Crippen molar-refractivity contribution in [3.63, 3.8) is 0 Å². The Morgan fingerprint density at radius 2 is 1.83 bits per heavy atom. The van der Waals surface area contributed by atoms with E-state index in [1.54, 1.807) is 7.11 Å². The lowest BCUT2D eigenvalue weighted by molar-refractivity contribution is -0.141. The third-order valence-electron chi connectivity index (χ3n) is 4.42. The van der Waals surface area contributed by atoms with E-state index in [0.717, 1.165) is 11.3 Å². The van der Waals surface area contributed by atoms with Crippen molar-refractivity contribution >= 4 is 11.9 Å². The third kappa shape index (κ3) is 4.71. The fourth-order valence-electron chi connectivity index (χ4n) is 3.18. The van der Waals surface area contributed by atoms with E-state index in [1.807, 2.05) is 38.1 Å². The van der Waals surface area contributed by atoms with Crippen molar-refractivity contribution in [3.05, 3.63) is 29.8 Å². The fourth-order valence-corrected chi connectivity index (χ4v) is 3.18. The minimum absolute atomic E-state index is 0.0349. The zero-order valence-electron chi connectivity index (χ0n) is 14.0. The van der Waals surface area contributed by atoms with Crippen LogP contribution in [0.4, 0.5) is 0 Å². The molecule has 0 saturated heterocycles. The number of carbonyl (C=O) groups excluding carboxylic acids is 1. The molecule has 0 aliphatic heterocycles. The molecule has 0 unspecified atom stereocenters. The molecule has 5 nitrogen and oxygen atoms in total. The number of nitrogens with one attached hydrogen (secondary N) is 1. The van der Waals surface area contributed by atoms with Crippen molar-refractivity contribution < 1.29 is 19.4 Å². The number of hydrogen-bond acceptors (Lipinski definition) is 3. The molecule has 2 atom stereocenters. The van der Waals surface area contributed by atoms with Crippen molar-refractivity contribution in [2.75, 3.05) is 7.11 Å². The summed E-state index contributed by atoms with van der Waals surface area (Å²) in [5, 5.41) is 12.1. The van der Waals surface area contributed by atoms with Gasteiger partial charge in [-0.3, -0.25) is 9.59 Å². The second-order valence-corrected chi connectivity index (χ2v) is 6.94. The third-order valence-corrected chi connectivity index (χ3v) is 4.42. The standard InChI is InChI=1S/C18H25NO4/c1-18(2,11-12-4-8-15(23-3)9-5-12)19-16(20)13-6-7-14(10-13)17(21)22/h4-5,8-9,13-14H,6-7,10-11H2,1-3H3,(H,19,20)(H,21,22)/t13-,14+/m1/s1. The summed E-state index contributed by atoms with van der Waals surface area (Å²) in [5.41, 5.74) is 0.735. The van der Waals surface area contributed by atoms with Gasteiger partial charge in [-0.05, 0) is 57.2 Å². The first-order valence-corrected chi connectivity index (χ1v) is 7.98. The number of carbonyl (C=O) groups is 2. The molecule has 1 aliphatic rings. The molecule has 5 heteroatoms. The number of ether oxygens (including phenoxy) is 1. The summed E-state index contributed by atoms with van der Waals surface area (Å²) in [6.45, 7) is 3.97. The topological polar surface area (TPSA) is 75.6 Å². The molecule has 1 saturated carbocycles. The smallest absolute Gasteiger partial charge is 0.306 e. The van der Waals surface area contributed by atoms with Gasteiger partial charge < -0.3 is 15.2 Å². The van der Waals surface area contributed by atoms with E-state index < -0.39 is 5.97 Å². The molecule has 2 rings (SSSR count). The SMILES string of the molecule is COc1ccc(CC(C)(C)NC(=O)[C@@H]2CC[C@H](C(=O)O)C2)cc1. The number of carboxylic acids is 1. The van der Waals surface area contributed by atoms with E-state index in [9.17, 15) is 9.59 Å². The Morgan fingerprint density at radius 3 is 2.35 bits per heavy atom. The highest BCUT2D eigenvalue weighted by Crippen LogP contribution is 2.31. The van der Waals surface area contributed by atoms with Crippen LogP contribution < -0.4 is 10.1 Å². The average molecular weight is 319 g/mol. The maximum atomic E-state index is 12.4. The Balaban J connectivity index is 1.92. The highest BCUT2D eigenvalue weighted by atomic mass is 16.5. The van der Waals surface area contributed by atoms with Gasteiger partial charge in [-0.15, -0.1) is 0 Å². The molecule has 1 aromatic carbocycles. The summed E-state index contributed by atoms with van der Waals surface area (Å²) >= 11 is 0. The minimum atomic E-state index is -0.794. The van der Waals surface area contributed by atoms with Gasteiger partial charge in [0.1, 0.15) is 5.75 Å². The number of carboxylic acid groups (broad SMARTS) is 1. The molecule has 2 N–H and O–H groups in total. The molecule has 0 spiro atoms. The van der Waals surface area contributed by atoms with Gasteiger partial charge in [0.15, 0.2) is 0 Å². The van der Waals surface area contributed by atoms with Crippen LogP contribution in [0.3, 0.4) is 0 Å². The van der Waals surface area contributed by atoms with E-state index in [0.29, 0.717) is 25.7 Å². The molecule has 1 amide bonds. The molecule has 0 bridgehead atoms. The zero-order valence-corrected chi connectivity index (χ0v) is 14.0. The number of rotatable bonds is 6. The number of aliphatic carboxylic acids is 1. The largest absolute Gasteiger partial charge is 0.497 e. The predicted molar refractivity (Wildman–Crippen MR) is 87.4 cm³/mol. The molecule has 0 aromatic heterocycles. The van der Waals surface area contributed by atoms with Gasteiger partial charge in [-0.25, -0.2) is 0 Å². The quantitative estimate of drug-likeness (QED) is 0.845. The summed E-state index contributed by atoms with van der Waals surface area (Å²) in [6.07, 6.45) is 2.39. The minimum Gasteiger partial charge on any atom is -0.497 e. The van der Waals surface area contributed by atoms with Crippen LogP contribution in [0, 0.1) is 11.8 Å². The first-order valence-electron chi connectivity index (χ1n) is 7.98. The second kappa shape index (κ2) is 7.02. The summed E-state index contributed by atoms with van der Waals surface area (Å²) in [6, 6.07) is 7.79. The second-order valence-electron chi connectivity index (χ2n) is 6.94. The first-order chi connectivity index (χ1) is 10.8. The summed E-state index contributed by atoms with van der Waals surface area (Å²) in [7, 11) is 1.63. The van der Waals surface area contributed by atoms with Crippen molar-refractivity contribution in [2.45, 2.75) is 45.1 Å². The normalized spacial score (nSPS) is 21.0. The fraction of sp³-hybridized carbons (Fsp3) is 0.556. The van der Waals surface area contributed by atoms with Crippen molar-refractivity contribution in [1.82, 2.24) is 5.32 Å². The predicted octanol–water partition coefficient (Wildman–Crippen LogP) is 2.63. The lowest BCUT2D eigenvalue weighted by Crippen LogP contribution is -2.47. The van der Waals surface area contributed by atoms with Gasteiger partial charge in [0.2, 0.25) is 5.91 Å². The monoisotopic (exact) mass is 319 g/mol. The van der Waals surface area contributed by atoms with Crippen LogP contribution in [0.2, 0.25) is 0 Å². The van der Waals surface area contributed by atoms with Crippen LogP contribution in [0.1, 0.15) is 38.7 Å². The maximum Gasteiger partial charge on any atom is 0.306 e. The Morgan fingerprint density at radius 1 is 1.22 bits per heavy atom. The van der Waals surface area contributed by atoms with E-state index in [1.165, 1.54) is 0 Å². The van der Waals surface area contributed by atoms with E-state index in [-0.39, 0.29) is 23.3 Å². The van der Waals surface area contributed by atoms with Gasteiger partial charge in [0.25, 0.3) is 0 Å². The van der Waals surface area contributed by atoms with Gasteiger partial charge >= 0.3 is 5.97 Å². The average Bonchev–Trinajstić information content (AvgIpc) is 2.97. The Kier molecular flexibility index (Phi) is 5.29. The molecule has 1 aromatic rings. The van der Waals surface area contributed by atoms with E-state index >= 15 is 0 Å². The van der Waals surface area contributed by atoms with E-state index in [2.05, 4.69) is 5.32 Å². The van der Waals surface area contributed by atoms with Crippen LogP contribution in [0.25, 0.3) is 0 Å². The zero-order chi connectivity index (χ0) is 17.0. The molecular formula is C18H25NO4. The molecule has 0 heterocycles. The lowest BCUT2D eigenvalue weighted by atomic mass is 9.93. The van der Waals surface area contributed by atoms with Crippen LogP contribution in [-0.2, 0) is 16.0 Å². The molecule has 23 heavy (non-hydrogen) atoms. The summed E-state index contributed by atoms with van der Waals surface area (Å²) < 4.78 is 5.14. The van der Waals surface area contributed by atoms with Gasteiger partial charge in [-0.2, -0.15) is 0 Å². The van der Waals surface area contributed by atoms with Crippen LogP contribution in [0.15, 0.2) is 24.3 Å². The highest BCUT2D eigenvalue weighted by molar-refractivity contribution is 5.81. The van der Waals surface area contributed by atoms with Gasteiger partial charge in [-0.1, -0.05) is 12.1 Å². The number of hydrogen-bond donors (Lipinski definition) is 2. The first kappa shape index (κ1) is 17.3. The molecule has 126 valence electrons. The van der Waals surface area contributed by atoms with Crippen molar-refractivity contribution in [2.24, 2.45) is 11.8 Å². The van der Waals surface area contributed by atoms with Crippen molar-refractivity contribution in [1.29, 1.82) is 0 Å². The molecular weight excluding hydrogens is 294 g/mol. The number of amides is 1. The highest BCUT2D eigenvalue weighted by Gasteiger charge is 2.35. The lowest BCUT2D eigenvalue weighted by Gasteiger charge is -2.28. The Bertz CT molecular complexity index is 565. The number of benzene rings is 1. The van der Waals surface area contributed by atoms with Crippen molar-refractivity contribution in [3.8, 4) is 5.75 Å². The molecule has 0 radical (unpaired) electrons. The Hall–Kier alpha value is -2.04. The maximum absolute atomic E-state index is 12.4. The Labute approximate surface area is 137 Å². The van der Waals surface area contributed by atoms with Crippen LogP contribution >= 0.6 is 0 Å².